The Morgan fingerprint density at radius 1 is 1.19 bits per heavy atom. The van der Waals surface area contributed by atoms with Crippen molar-refractivity contribution in [2.45, 2.75) is 68.8 Å². The predicted octanol–water partition coefficient (Wildman–Crippen LogP) is 1.63. The van der Waals surface area contributed by atoms with Gasteiger partial charge in [0, 0.05) is 23.2 Å². The number of carbonyl (C=O) groups is 2. The third-order valence-corrected chi connectivity index (χ3v) is 6.38. The maximum atomic E-state index is 12.5. The smallest absolute Gasteiger partial charge is 0.238 e. The van der Waals surface area contributed by atoms with Gasteiger partial charge in [-0.1, -0.05) is 12.8 Å². The zero-order chi connectivity index (χ0) is 22.0. The predicted molar refractivity (Wildman–Crippen MR) is 116 cm³/mol. The van der Waals surface area contributed by atoms with Crippen LogP contribution < -0.4 is 15.4 Å². The molecule has 2 amide bonds. The monoisotopic (exact) mass is 431 g/mol. The number of rotatable bonds is 7. The van der Waals surface area contributed by atoms with Gasteiger partial charge in [0.05, 0.1) is 25.7 Å². The van der Waals surface area contributed by atoms with Crippen molar-refractivity contribution in [3.05, 3.63) is 23.8 Å². The summed E-state index contributed by atoms with van der Waals surface area (Å²) in [7, 11) is 3.70. The van der Waals surface area contributed by atoms with Gasteiger partial charge >= 0.3 is 0 Å². The summed E-state index contributed by atoms with van der Waals surface area (Å²) in [5.41, 5.74) is 1.72. The van der Waals surface area contributed by atoms with Crippen LogP contribution in [0, 0.1) is 0 Å². The lowest BCUT2D eigenvalue weighted by molar-refractivity contribution is -0.142. The lowest BCUT2D eigenvalue weighted by atomic mass is 9.84. The maximum absolute atomic E-state index is 12.5. The van der Waals surface area contributed by atoms with Crippen LogP contribution in [-0.4, -0.2) is 73.4 Å². The molecular formula is C23H33N3O5. The van der Waals surface area contributed by atoms with Gasteiger partial charge in [0.2, 0.25) is 11.8 Å². The first-order valence-corrected chi connectivity index (χ1v) is 11.2. The number of hydrogen-bond acceptors (Lipinski definition) is 6. The van der Waals surface area contributed by atoms with Crippen molar-refractivity contribution in [3.8, 4) is 5.75 Å². The Morgan fingerprint density at radius 3 is 2.68 bits per heavy atom. The largest absolute Gasteiger partial charge is 0.487 e. The molecule has 3 N–H and O–H groups in total. The van der Waals surface area contributed by atoms with E-state index in [4.69, 9.17) is 9.47 Å². The Morgan fingerprint density at radius 2 is 1.97 bits per heavy atom. The first-order chi connectivity index (χ1) is 14.9. The molecule has 0 bridgehead atoms. The lowest BCUT2D eigenvalue weighted by Gasteiger charge is -2.37. The van der Waals surface area contributed by atoms with Gasteiger partial charge in [-0.25, -0.2) is 0 Å². The van der Waals surface area contributed by atoms with Crippen molar-refractivity contribution < 1.29 is 24.2 Å². The molecule has 8 nitrogen and oxygen atoms in total. The summed E-state index contributed by atoms with van der Waals surface area (Å²) in [5.74, 6) is 0.688. The molecule has 4 rings (SSSR count). The summed E-state index contributed by atoms with van der Waals surface area (Å²) >= 11 is 0. The Kier molecular flexibility index (Phi) is 6.79. The van der Waals surface area contributed by atoms with Crippen molar-refractivity contribution in [3.63, 3.8) is 0 Å². The van der Waals surface area contributed by atoms with Gasteiger partial charge in [0.1, 0.15) is 18.0 Å². The number of likely N-dealkylation sites (N-methyl/N-ethyl adjacent to an activating group) is 1. The first-order valence-electron chi connectivity index (χ1n) is 11.2. The molecule has 1 saturated carbocycles. The van der Waals surface area contributed by atoms with Crippen LogP contribution in [0.1, 0.15) is 50.0 Å². The number of ether oxygens (including phenoxy) is 2. The fourth-order valence-electron chi connectivity index (χ4n) is 5.02. The second-order valence-corrected chi connectivity index (χ2v) is 9.20. The van der Waals surface area contributed by atoms with E-state index in [1.165, 1.54) is 12.8 Å². The lowest BCUT2D eigenvalue weighted by Crippen LogP contribution is -2.47. The van der Waals surface area contributed by atoms with Gasteiger partial charge < -0.3 is 30.1 Å². The van der Waals surface area contributed by atoms with E-state index in [1.54, 1.807) is 0 Å². The minimum atomic E-state index is -0.484. The van der Waals surface area contributed by atoms with E-state index in [9.17, 15) is 14.7 Å². The first kappa shape index (κ1) is 22.0. The number of aliphatic hydroxyl groups is 1. The summed E-state index contributed by atoms with van der Waals surface area (Å²) in [6, 6.07) is 5.91. The standard InChI is InChI=1S/C23H33N3O5/c1-26(2)12-22(29)25-15-7-8-19-17(9-15)18-10-16(30-20(13-27)23(18)31-19)11-21(28)24-14-5-3-4-6-14/h7-9,14,16,18,20,23,27H,3-6,10-13H2,1-2H3,(H,24,28)(H,25,29)/t16-,18-,20-,23+/m1/s1. The second-order valence-electron chi connectivity index (χ2n) is 9.20. The molecule has 4 atom stereocenters. The average Bonchev–Trinajstić information content (AvgIpc) is 3.34. The van der Waals surface area contributed by atoms with E-state index in [0.717, 1.165) is 29.8 Å². The van der Waals surface area contributed by atoms with Gasteiger partial charge in [0.15, 0.2) is 0 Å². The molecule has 31 heavy (non-hydrogen) atoms. The highest BCUT2D eigenvalue weighted by Gasteiger charge is 2.46. The zero-order valence-electron chi connectivity index (χ0n) is 18.3. The van der Waals surface area contributed by atoms with Crippen LogP contribution in [-0.2, 0) is 14.3 Å². The molecule has 0 aromatic heterocycles. The van der Waals surface area contributed by atoms with E-state index in [0.29, 0.717) is 13.0 Å². The third kappa shape index (κ3) is 5.19. The van der Waals surface area contributed by atoms with E-state index in [-0.39, 0.29) is 49.0 Å². The molecule has 1 aromatic rings. The molecule has 3 aliphatic rings. The Labute approximate surface area is 183 Å². The molecule has 0 unspecified atom stereocenters. The summed E-state index contributed by atoms with van der Waals surface area (Å²) in [6.07, 6.45) is 4.30. The van der Waals surface area contributed by atoms with Gasteiger partial charge in [0.25, 0.3) is 0 Å². The van der Waals surface area contributed by atoms with Crippen LogP contribution in [0.3, 0.4) is 0 Å². The van der Waals surface area contributed by atoms with Crippen molar-refractivity contribution >= 4 is 17.5 Å². The fraction of sp³-hybridized carbons (Fsp3) is 0.652. The highest BCUT2D eigenvalue weighted by atomic mass is 16.6. The van der Waals surface area contributed by atoms with E-state index in [2.05, 4.69) is 10.6 Å². The normalized spacial score (nSPS) is 27.5. The number of nitrogens with zero attached hydrogens (tertiary/aromatic N) is 1. The van der Waals surface area contributed by atoms with Crippen LogP contribution in [0.4, 0.5) is 5.69 Å². The van der Waals surface area contributed by atoms with E-state index < -0.39 is 6.10 Å². The molecule has 170 valence electrons. The Balaban J connectivity index is 1.44. The molecule has 0 spiro atoms. The van der Waals surface area contributed by atoms with Crippen molar-refractivity contribution in [2.75, 3.05) is 32.6 Å². The number of aliphatic hydroxyl groups excluding tert-OH is 1. The number of amides is 2. The minimum absolute atomic E-state index is 0.0101. The zero-order valence-corrected chi connectivity index (χ0v) is 18.3. The molecule has 8 heteroatoms. The molecule has 0 radical (unpaired) electrons. The minimum Gasteiger partial charge on any atom is -0.487 e. The molecule has 2 aliphatic heterocycles. The van der Waals surface area contributed by atoms with Crippen LogP contribution in [0.2, 0.25) is 0 Å². The molecule has 2 heterocycles. The quantitative estimate of drug-likeness (QED) is 0.607. The van der Waals surface area contributed by atoms with Gasteiger partial charge in [-0.15, -0.1) is 0 Å². The fourth-order valence-corrected chi connectivity index (χ4v) is 5.02. The Bertz CT molecular complexity index is 808. The average molecular weight is 432 g/mol. The summed E-state index contributed by atoms with van der Waals surface area (Å²) in [4.78, 5) is 26.5. The van der Waals surface area contributed by atoms with Crippen LogP contribution in [0.5, 0.6) is 5.75 Å². The number of nitrogens with one attached hydrogen (secondary N) is 2. The number of anilines is 1. The number of hydrogen-bond donors (Lipinski definition) is 3. The topological polar surface area (TPSA) is 100 Å². The number of carbonyl (C=O) groups excluding carboxylic acids is 2. The molecule has 2 fully saturated rings. The van der Waals surface area contributed by atoms with Gasteiger partial charge in [-0.2, -0.15) is 0 Å². The Hall–Kier alpha value is -2.16. The summed E-state index contributed by atoms with van der Waals surface area (Å²) in [5, 5.41) is 15.9. The van der Waals surface area contributed by atoms with E-state index >= 15 is 0 Å². The molecule has 1 saturated heterocycles. The molecule has 1 aromatic carbocycles. The molecular weight excluding hydrogens is 398 g/mol. The highest BCUT2D eigenvalue weighted by molar-refractivity contribution is 5.92. The van der Waals surface area contributed by atoms with Crippen molar-refractivity contribution in [1.82, 2.24) is 10.2 Å². The summed E-state index contributed by atoms with van der Waals surface area (Å²) in [6.45, 7) is 0.139. The number of fused-ring (bicyclic) bond motifs is 3. The van der Waals surface area contributed by atoms with E-state index in [1.807, 2.05) is 37.2 Å². The maximum Gasteiger partial charge on any atom is 0.238 e. The van der Waals surface area contributed by atoms with Crippen LogP contribution in [0.25, 0.3) is 0 Å². The molecule has 1 aliphatic carbocycles. The SMILES string of the molecule is CN(C)CC(=O)Nc1ccc2c(c1)[C@H]1C[C@H](CC(=O)NC3CCCC3)O[C@H](CO)[C@H]1O2. The van der Waals surface area contributed by atoms with Gasteiger partial charge in [-0.05, 0) is 51.6 Å². The number of benzene rings is 1. The van der Waals surface area contributed by atoms with Crippen LogP contribution >= 0.6 is 0 Å². The van der Waals surface area contributed by atoms with Gasteiger partial charge in [-0.3, -0.25) is 9.59 Å². The third-order valence-electron chi connectivity index (χ3n) is 6.38. The second kappa shape index (κ2) is 9.54. The van der Waals surface area contributed by atoms with Crippen LogP contribution in [0.15, 0.2) is 18.2 Å². The van der Waals surface area contributed by atoms with Crippen molar-refractivity contribution in [2.24, 2.45) is 0 Å². The van der Waals surface area contributed by atoms with Crippen molar-refractivity contribution in [1.29, 1.82) is 0 Å². The summed E-state index contributed by atoms with van der Waals surface area (Å²) < 4.78 is 12.1. The highest BCUT2D eigenvalue weighted by Crippen LogP contribution is 2.47.